The molecular formula is C23H19NO5. The molecule has 0 atom stereocenters. The molecule has 0 aliphatic carbocycles. The van der Waals surface area contributed by atoms with Crippen LogP contribution in [0.4, 0.5) is 5.69 Å². The minimum atomic E-state index is -0.622. The van der Waals surface area contributed by atoms with Gasteiger partial charge in [-0.25, -0.2) is 4.79 Å². The number of carbonyl (C=O) groups excluding carboxylic acids is 1. The maximum absolute atomic E-state index is 11.6. The molecule has 0 saturated carbocycles. The Hall–Kier alpha value is -3.93. The van der Waals surface area contributed by atoms with Gasteiger partial charge in [-0.1, -0.05) is 54.6 Å². The fourth-order valence-corrected chi connectivity index (χ4v) is 2.75. The van der Waals surface area contributed by atoms with Crippen molar-refractivity contribution in [3.63, 3.8) is 0 Å². The molecule has 0 bridgehead atoms. The summed E-state index contributed by atoms with van der Waals surface area (Å²) in [5.41, 5.74) is 2.16. The zero-order valence-corrected chi connectivity index (χ0v) is 15.8. The lowest BCUT2D eigenvalue weighted by Gasteiger charge is -2.09. The first-order valence-corrected chi connectivity index (χ1v) is 8.89. The number of esters is 1. The zero-order valence-electron chi connectivity index (χ0n) is 15.8. The lowest BCUT2D eigenvalue weighted by Crippen LogP contribution is -2.02. The van der Waals surface area contributed by atoms with Crippen molar-refractivity contribution in [2.45, 2.75) is 6.61 Å². The highest BCUT2D eigenvalue weighted by Crippen LogP contribution is 2.26. The first-order chi connectivity index (χ1) is 14.1. The van der Waals surface area contributed by atoms with Crippen LogP contribution in [0.3, 0.4) is 0 Å². The quantitative estimate of drug-likeness (QED) is 0.242. The van der Waals surface area contributed by atoms with E-state index < -0.39 is 10.9 Å². The third-order valence-corrected chi connectivity index (χ3v) is 4.25. The van der Waals surface area contributed by atoms with E-state index in [1.165, 1.54) is 25.3 Å². The van der Waals surface area contributed by atoms with Gasteiger partial charge in [0, 0.05) is 11.6 Å². The van der Waals surface area contributed by atoms with Gasteiger partial charge in [-0.05, 0) is 29.8 Å². The second-order valence-electron chi connectivity index (χ2n) is 6.17. The maximum Gasteiger partial charge on any atom is 0.338 e. The van der Waals surface area contributed by atoms with Crippen LogP contribution in [-0.4, -0.2) is 18.0 Å². The van der Waals surface area contributed by atoms with Crippen molar-refractivity contribution in [2.75, 3.05) is 7.11 Å². The number of nitro benzene ring substituents is 1. The van der Waals surface area contributed by atoms with E-state index in [-0.39, 0.29) is 11.3 Å². The number of para-hydroxylation sites is 1. The molecule has 0 N–H and O–H groups in total. The van der Waals surface area contributed by atoms with Crippen molar-refractivity contribution in [3.05, 3.63) is 105 Å². The predicted octanol–water partition coefficient (Wildman–Crippen LogP) is 5.13. The van der Waals surface area contributed by atoms with E-state index in [9.17, 15) is 14.9 Å². The van der Waals surface area contributed by atoms with Gasteiger partial charge >= 0.3 is 5.97 Å². The molecule has 0 spiro atoms. The first kappa shape index (κ1) is 19.8. The molecule has 0 unspecified atom stereocenters. The molecule has 0 heterocycles. The van der Waals surface area contributed by atoms with E-state index in [0.29, 0.717) is 17.9 Å². The lowest BCUT2D eigenvalue weighted by molar-refractivity contribution is -0.385. The number of nitro groups is 1. The van der Waals surface area contributed by atoms with Crippen molar-refractivity contribution in [2.24, 2.45) is 0 Å². The Bertz CT molecular complexity index is 1040. The van der Waals surface area contributed by atoms with Crippen LogP contribution in [0.1, 0.15) is 27.0 Å². The summed E-state index contributed by atoms with van der Waals surface area (Å²) in [6.07, 6.45) is 3.38. The fourth-order valence-electron chi connectivity index (χ4n) is 2.75. The third-order valence-electron chi connectivity index (χ3n) is 4.25. The highest BCUT2D eigenvalue weighted by Gasteiger charge is 2.16. The van der Waals surface area contributed by atoms with Gasteiger partial charge in [-0.3, -0.25) is 10.1 Å². The van der Waals surface area contributed by atoms with E-state index >= 15 is 0 Å². The van der Waals surface area contributed by atoms with E-state index in [1.54, 1.807) is 12.2 Å². The average Bonchev–Trinajstić information content (AvgIpc) is 2.76. The minimum Gasteiger partial charge on any atom is -0.488 e. The summed E-state index contributed by atoms with van der Waals surface area (Å²) >= 11 is 0. The molecule has 3 aromatic rings. The smallest absolute Gasteiger partial charge is 0.338 e. The average molecular weight is 389 g/mol. The molecule has 3 rings (SSSR count). The summed E-state index contributed by atoms with van der Waals surface area (Å²) in [5.74, 6) is 0.0460. The summed E-state index contributed by atoms with van der Waals surface area (Å²) in [6, 6.07) is 21.5. The SMILES string of the molecule is COC(=O)c1ccc(C=Cc2ccccc2OCc2ccccc2)c([N+](=O)[O-])c1. The van der Waals surface area contributed by atoms with Gasteiger partial charge in [0.15, 0.2) is 0 Å². The van der Waals surface area contributed by atoms with Gasteiger partial charge < -0.3 is 9.47 Å². The highest BCUT2D eigenvalue weighted by molar-refractivity contribution is 5.91. The van der Waals surface area contributed by atoms with Crippen molar-refractivity contribution in [1.29, 1.82) is 0 Å². The number of rotatable bonds is 7. The minimum absolute atomic E-state index is 0.128. The molecule has 0 aliphatic rings. The number of nitrogens with zero attached hydrogens (tertiary/aromatic N) is 1. The van der Waals surface area contributed by atoms with Crippen LogP contribution in [-0.2, 0) is 11.3 Å². The summed E-state index contributed by atoms with van der Waals surface area (Å²) in [5, 5.41) is 11.4. The summed E-state index contributed by atoms with van der Waals surface area (Å²) in [4.78, 5) is 22.5. The molecule has 0 aromatic heterocycles. The first-order valence-electron chi connectivity index (χ1n) is 8.89. The largest absolute Gasteiger partial charge is 0.488 e. The predicted molar refractivity (Wildman–Crippen MR) is 111 cm³/mol. The van der Waals surface area contributed by atoms with Gasteiger partial charge in [-0.15, -0.1) is 0 Å². The van der Waals surface area contributed by atoms with Gasteiger partial charge in [-0.2, -0.15) is 0 Å². The zero-order chi connectivity index (χ0) is 20.6. The Kier molecular flexibility index (Phi) is 6.37. The van der Waals surface area contributed by atoms with E-state index in [0.717, 1.165) is 11.1 Å². The van der Waals surface area contributed by atoms with Gasteiger partial charge in [0.2, 0.25) is 0 Å². The van der Waals surface area contributed by atoms with Crippen molar-refractivity contribution in [3.8, 4) is 5.75 Å². The number of hydrogen-bond acceptors (Lipinski definition) is 5. The van der Waals surface area contributed by atoms with Crippen LogP contribution < -0.4 is 4.74 Å². The third kappa shape index (κ3) is 5.07. The monoisotopic (exact) mass is 389 g/mol. The van der Waals surface area contributed by atoms with Gasteiger partial charge in [0.05, 0.1) is 23.2 Å². The molecule has 6 nitrogen and oxygen atoms in total. The van der Waals surface area contributed by atoms with Crippen molar-refractivity contribution >= 4 is 23.8 Å². The molecular weight excluding hydrogens is 370 g/mol. The van der Waals surface area contributed by atoms with Crippen LogP contribution in [0, 0.1) is 10.1 Å². The van der Waals surface area contributed by atoms with Crippen LogP contribution in [0.2, 0.25) is 0 Å². The van der Waals surface area contributed by atoms with Crippen molar-refractivity contribution in [1.82, 2.24) is 0 Å². The normalized spacial score (nSPS) is 10.7. The van der Waals surface area contributed by atoms with Gasteiger partial charge in [0.1, 0.15) is 12.4 Å². The lowest BCUT2D eigenvalue weighted by atomic mass is 10.1. The molecule has 0 radical (unpaired) electrons. The number of hydrogen-bond donors (Lipinski definition) is 0. The molecule has 29 heavy (non-hydrogen) atoms. The topological polar surface area (TPSA) is 78.7 Å². The van der Waals surface area contributed by atoms with Crippen molar-refractivity contribution < 1.29 is 19.2 Å². The molecule has 0 aliphatic heterocycles. The number of methoxy groups -OCH3 is 1. The summed E-state index contributed by atoms with van der Waals surface area (Å²) in [6.45, 7) is 0.416. The number of benzene rings is 3. The van der Waals surface area contributed by atoms with E-state index in [1.807, 2.05) is 54.6 Å². The molecule has 146 valence electrons. The molecule has 0 amide bonds. The highest BCUT2D eigenvalue weighted by atomic mass is 16.6. The Balaban J connectivity index is 1.84. The van der Waals surface area contributed by atoms with Gasteiger partial charge in [0.25, 0.3) is 5.69 Å². The Labute approximate surface area is 168 Å². The second-order valence-corrected chi connectivity index (χ2v) is 6.17. The molecule has 6 heteroatoms. The molecule has 3 aromatic carbocycles. The Morgan fingerprint density at radius 2 is 1.66 bits per heavy atom. The van der Waals surface area contributed by atoms with E-state index in [2.05, 4.69) is 4.74 Å². The molecule has 0 saturated heterocycles. The van der Waals surface area contributed by atoms with Crippen LogP contribution in [0.15, 0.2) is 72.8 Å². The number of ether oxygens (including phenoxy) is 2. The maximum atomic E-state index is 11.6. The summed E-state index contributed by atoms with van der Waals surface area (Å²) in [7, 11) is 1.23. The van der Waals surface area contributed by atoms with E-state index in [4.69, 9.17) is 4.74 Å². The van der Waals surface area contributed by atoms with Crippen LogP contribution >= 0.6 is 0 Å². The van der Waals surface area contributed by atoms with Crippen LogP contribution in [0.5, 0.6) is 5.75 Å². The standard InChI is InChI=1S/C23H19NO5/c1-28-23(25)20-14-12-18(21(15-20)24(26)27)11-13-19-9-5-6-10-22(19)29-16-17-7-3-2-4-8-17/h2-15H,16H2,1H3. The Morgan fingerprint density at radius 3 is 2.38 bits per heavy atom. The number of carbonyl (C=O) groups is 1. The fraction of sp³-hybridized carbons (Fsp3) is 0.0870. The second kappa shape index (κ2) is 9.32. The molecule has 0 fully saturated rings. The summed E-state index contributed by atoms with van der Waals surface area (Å²) < 4.78 is 10.5. The Morgan fingerprint density at radius 1 is 0.966 bits per heavy atom. The van der Waals surface area contributed by atoms with Crippen LogP contribution in [0.25, 0.3) is 12.2 Å².